The van der Waals surface area contributed by atoms with Gasteiger partial charge < -0.3 is 20.2 Å². The van der Waals surface area contributed by atoms with Crippen LogP contribution in [0.2, 0.25) is 0 Å². The molecule has 6 nitrogen and oxygen atoms in total. The Morgan fingerprint density at radius 2 is 2.11 bits per heavy atom. The van der Waals surface area contributed by atoms with Crippen LogP contribution in [-0.4, -0.2) is 63.0 Å². The Bertz CT molecular complexity index is 525. The molecule has 0 spiro atoms. The second-order valence-corrected chi connectivity index (χ2v) is 4.20. The highest BCUT2D eigenvalue weighted by Gasteiger charge is 2.34. The van der Waals surface area contributed by atoms with Gasteiger partial charge in [0.2, 0.25) is 0 Å². The number of hydrogen-bond donors (Lipinski definition) is 3. The lowest BCUT2D eigenvalue weighted by Gasteiger charge is -2.15. The SMILES string of the molecule is O=C(c1ncccc1C#CCO)N1CC(O)C(O)C1. The number of amides is 1. The lowest BCUT2D eigenvalue weighted by molar-refractivity contribution is 0.0572. The van der Waals surface area contributed by atoms with E-state index in [4.69, 9.17) is 5.11 Å². The zero-order valence-electron chi connectivity index (χ0n) is 10.2. The molecule has 0 aromatic carbocycles. The third-order valence-corrected chi connectivity index (χ3v) is 2.86. The zero-order chi connectivity index (χ0) is 13.8. The first-order chi connectivity index (χ1) is 9.13. The van der Waals surface area contributed by atoms with Crippen molar-refractivity contribution >= 4 is 5.91 Å². The van der Waals surface area contributed by atoms with Crippen LogP contribution in [-0.2, 0) is 0 Å². The fourth-order valence-electron chi connectivity index (χ4n) is 1.90. The molecule has 1 fully saturated rings. The lowest BCUT2D eigenvalue weighted by atomic mass is 10.2. The Hall–Kier alpha value is -1.94. The smallest absolute Gasteiger partial charge is 0.273 e. The largest absolute Gasteiger partial charge is 0.388 e. The second kappa shape index (κ2) is 5.80. The number of likely N-dealkylation sites (tertiary alicyclic amines) is 1. The van der Waals surface area contributed by atoms with Crippen molar-refractivity contribution in [2.75, 3.05) is 19.7 Å². The minimum absolute atomic E-state index is 0.0729. The zero-order valence-corrected chi connectivity index (χ0v) is 10.2. The first kappa shape index (κ1) is 13.5. The number of carbonyl (C=O) groups is 1. The Kier molecular flexibility index (Phi) is 4.12. The molecule has 2 rings (SSSR count). The summed E-state index contributed by atoms with van der Waals surface area (Å²) < 4.78 is 0. The molecule has 1 aliphatic rings. The number of nitrogens with zero attached hydrogens (tertiary/aromatic N) is 2. The van der Waals surface area contributed by atoms with Crippen LogP contribution >= 0.6 is 0 Å². The van der Waals surface area contributed by atoms with Crippen LogP contribution in [0, 0.1) is 11.8 Å². The first-order valence-corrected chi connectivity index (χ1v) is 5.83. The number of carbonyl (C=O) groups excluding carboxylic acids is 1. The van der Waals surface area contributed by atoms with Gasteiger partial charge in [-0.1, -0.05) is 11.8 Å². The Balaban J connectivity index is 2.24. The van der Waals surface area contributed by atoms with Crippen LogP contribution in [0.3, 0.4) is 0 Å². The highest BCUT2D eigenvalue weighted by Crippen LogP contribution is 2.15. The fourth-order valence-corrected chi connectivity index (χ4v) is 1.90. The van der Waals surface area contributed by atoms with Crippen LogP contribution in [0.5, 0.6) is 0 Å². The number of β-amino-alcohol motifs (C(OH)–C–C–N with tert-alkyl or cyclic N) is 2. The number of rotatable bonds is 1. The summed E-state index contributed by atoms with van der Waals surface area (Å²) >= 11 is 0. The van der Waals surface area contributed by atoms with Gasteiger partial charge in [0.25, 0.3) is 5.91 Å². The van der Waals surface area contributed by atoms with Crippen molar-refractivity contribution in [1.29, 1.82) is 0 Å². The molecule has 0 saturated carbocycles. The van der Waals surface area contributed by atoms with E-state index in [2.05, 4.69) is 16.8 Å². The van der Waals surface area contributed by atoms with Gasteiger partial charge in [0.05, 0.1) is 17.8 Å². The van der Waals surface area contributed by atoms with Crippen LogP contribution in [0.4, 0.5) is 0 Å². The Morgan fingerprint density at radius 1 is 1.42 bits per heavy atom. The monoisotopic (exact) mass is 262 g/mol. The molecule has 0 radical (unpaired) electrons. The fraction of sp³-hybridized carbons (Fsp3) is 0.385. The highest BCUT2D eigenvalue weighted by atomic mass is 16.3. The van der Waals surface area contributed by atoms with E-state index >= 15 is 0 Å². The summed E-state index contributed by atoms with van der Waals surface area (Å²) in [6.45, 7) is -0.156. The van der Waals surface area contributed by atoms with E-state index in [1.54, 1.807) is 12.1 Å². The first-order valence-electron chi connectivity index (χ1n) is 5.83. The maximum Gasteiger partial charge on any atom is 0.273 e. The van der Waals surface area contributed by atoms with Crippen LogP contribution in [0.1, 0.15) is 16.1 Å². The molecule has 19 heavy (non-hydrogen) atoms. The molecule has 3 N–H and O–H groups in total. The molecule has 0 aliphatic carbocycles. The van der Waals surface area contributed by atoms with E-state index in [1.165, 1.54) is 11.1 Å². The second-order valence-electron chi connectivity index (χ2n) is 4.20. The normalized spacial score (nSPS) is 21.9. The van der Waals surface area contributed by atoms with Gasteiger partial charge in [-0.25, -0.2) is 4.98 Å². The van der Waals surface area contributed by atoms with Crippen molar-refractivity contribution in [2.24, 2.45) is 0 Å². The summed E-state index contributed by atoms with van der Waals surface area (Å²) in [5.41, 5.74) is 0.571. The van der Waals surface area contributed by atoms with Gasteiger partial charge in [-0.3, -0.25) is 4.79 Å². The molecule has 2 heterocycles. The van der Waals surface area contributed by atoms with E-state index in [-0.39, 0.29) is 25.4 Å². The maximum atomic E-state index is 12.2. The number of hydrogen-bond acceptors (Lipinski definition) is 5. The summed E-state index contributed by atoms with van der Waals surface area (Å²) in [5.74, 6) is 4.73. The van der Waals surface area contributed by atoms with Crippen molar-refractivity contribution in [3.8, 4) is 11.8 Å². The predicted molar refractivity (Wildman–Crippen MR) is 66.1 cm³/mol. The third-order valence-electron chi connectivity index (χ3n) is 2.86. The minimum atomic E-state index is -0.931. The average Bonchev–Trinajstić information content (AvgIpc) is 2.76. The van der Waals surface area contributed by atoms with E-state index in [1.807, 2.05) is 0 Å². The number of aliphatic hydroxyl groups is 3. The molecule has 100 valence electrons. The van der Waals surface area contributed by atoms with Gasteiger partial charge in [0.1, 0.15) is 12.3 Å². The maximum absolute atomic E-state index is 12.2. The minimum Gasteiger partial charge on any atom is -0.388 e. The molecule has 2 unspecified atom stereocenters. The Morgan fingerprint density at radius 3 is 2.74 bits per heavy atom. The van der Waals surface area contributed by atoms with Crippen molar-refractivity contribution in [2.45, 2.75) is 12.2 Å². The average molecular weight is 262 g/mol. The molecular formula is C13H14N2O4. The van der Waals surface area contributed by atoms with Crippen LogP contribution in [0.15, 0.2) is 18.3 Å². The molecule has 1 saturated heterocycles. The van der Waals surface area contributed by atoms with Gasteiger partial charge >= 0.3 is 0 Å². The van der Waals surface area contributed by atoms with Crippen molar-refractivity contribution < 1.29 is 20.1 Å². The summed E-state index contributed by atoms with van der Waals surface area (Å²) in [6.07, 6.45) is -0.389. The van der Waals surface area contributed by atoms with E-state index in [9.17, 15) is 15.0 Å². The summed E-state index contributed by atoms with van der Waals surface area (Å²) in [5, 5.41) is 27.6. The van der Waals surface area contributed by atoms with Gasteiger partial charge in [-0.2, -0.15) is 0 Å². The molecule has 1 aliphatic heterocycles. The molecule has 1 aromatic rings. The van der Waals surface area contributed by atoms with Gasteiger partial charge in [-0.15, -0.1) is 0 Å². The molecule has 1 aromatic heterocycles. The van der Waals surface area contributed by atoms with Crippen molar-refractivity contribution in [1.82, 2.24) is 9.88 Å². The number of aromatic nitrogens is 1. The quantitative estimate of drug-likeness (QED) is 0.541. The predicted octanol–water partition coefficient (Wildman–Crippen LogP) is -1.40. The molecule has 2 atom stereocenters. The number of aliphatic hydroxyl groups excluding tert-OH is 3. The van der Waals surface area contributed by atoms with E-state index in [0.29, 0.717) is 5.56 Å². The standard InChI is InChI=1S/C13H14N2O4/c16-6-2-4-9-3-1-5-14-12(9)13(19)15-7-10(17)11(18)8-15/h1,3,5,10-11,16-18H,6-8H2. The summed E-state index contributed by atoms with van der Waals surface area (Å²) in [4.78, 5) is 17.6. The molecule has 6 heteroatoms. The highest BCUT2D eigenvalue weighted by molar-refractivity contribution is 5.95. The van der Waals surface area contributed by atoms with E-state index < -0.39 is 18.1 Å². The van der Waals surface area contributed by atoms with Gasteiger partial charge in [-0.05, 0) is 12.1 Å². The van der Waals surface area contributed by atoms with Crippen LogP contribution < -0.4 is 0 Å². The lowest BCUT2D eigenvalue weighted by Crippen LogP contribution is -2.31. The molecular weight excluding hydrogens is 248 g/mol. The van der Waals surface area contributed by atoms with Crippen molar-refractivity contribution in [3.63, 3.8) is 0 Å². The van der Waals surface area contributed by atoms with Crippen molar-refractivity contribution in [3.05, 3.63) is 29.6 Å². The van der Waals surface area contributed by atoms with Gasteiger partial charge in [0, 0.05) is 19.3 Å². The molecule has 0 bridgehead atoms. The topological polar surface area (TPSA) is 93.9 Å². The Labute approximate surface area is 110 Å². The van der Waals surface area contributed by atoms with E-state index in [0.717, 1.165) is 0 Å². The van der Waals surface area contributed by atoms with Crippen LogP contribution in [0.25, 0.3) is 0 Å². The summed E-state index contributed by atoms with van der Waals surface area (Å²) in [7, 11) is 0. The molecule has 1 amide bonds. The third kappa shape index (κ3) is 2.90. The summed E-state index contributed by atoms with van der Waals surface area (Å²) in [6, 6.07) is 3.28. The van der Waals surface area contributed by atoms with Gasteiger partial charge in [0.15, 0.2) is 0 Å². The number of pyridine rings is 1.